The average Bonchev–Trinajstić information content (AvgIpc) is 2.57. The first-order valence-electron chi connectivity index (χ1n) is 8.08. The molecule has 1 aromatic carbocycles. The molecule has 0 atom stereocenters. The first-order valence-corrected chi connectivity index (χ1v) is 10.1. The standard InChI is InChI=1S/C18H23FN4O2S/c1-13-5-4-8-21-17(13)11-23-18(20-2)22-10-15-9-16(19)7-6-14(15)12-26(3,24)25/h4-9H,10-12H2,1-3H3,(H2,20,22,23). The van der Waals surface area contributed by atoms with Crippen molar-refractivity contribution >= 4 is 15.8 Å². The van der Waals surface area contributed by atoms with Crippen LogP contribution >= 0.6 is 0 Å². The summed E-state index contributed by atoms with van der Waals surface area (Å²) in [6.07, 6.45) is 2.88. The SMILES string of the molecule is CN=C(NCc1cc(F)ccc1CS(C)(=O)=O)NCc1ncccc1C. The maximum Gasteiger partial charge on any atom is 0.191 e. The molecule has 0 aliphatic carbocycles. The van der Waals surface area contributed by atoms with Crippen LogP contribution < -0.4 is 10.6 Å². The molecule has 2 N–H and O–H groups in total. The Morgan fingerprint density at radius 1 is 1.19 bits per heavy atom. The lowest BCUT2D eigenvalue weighted by atomic mass is 10.1. The van der Waals surface area contributed by atoms with E-state index in [1.165, 1.54) is 18.2 Å². The van der Waals surface area contributed by atoms with E-state index in [0.717, 1.165) is 17.5 Å². The van der Waals surface area contributed by atoms with Gasteiger partial charge in [-0.2, -0.15) is 0 Å². The minimum absolute atomic E-state index is 0.135. The van der Waals surface area contributed by atoms with Crippen LogP contribution in [0.25, 0.3) is 0 Å². The van der Waals surface area contributed by atoms with E-state index in [0.29, 0.717) is 23.6 Å². The monoisotopic (exact) mass is 378 g/mol. The van der Waals surface area contributed by atoms with Crippen LogP contribution in [0.5, 0.6) is 0 Å². The molecular formula is C18H23FN4O2S. The lowest BCUT2D eigenvalue weighted by Gasteiger charge is -2.14. The number of guanidine groups is 1. The fourth-order valence-electron chi connectivity index (χ4n) is 2.45. The Bertz CT molecular complexity index is 898. The molecule has 140 valence electrons. The van der Waals surface area contributed by atoms with Crippen molar-refractivity contribution in [3.05, 3.63) is 64.7 Å². The minimum atomic E-state index is -3.21. The third-order valence-electron chi connectivity index (χ3n) is 3.80. The molecule has 0 radical (unpaired) electrons. The number of sulfone groups is 1. The largest absolute Gasteiger partial charge is 0.352 e. The van der Waals surface area contributed by atoms with Gasteiger partial charge < -0.3 is 10.6 Å². The number of rotatable bonds is 6. The van der Waals surface area contributed by atoms with E-state index in [1.807, 2.05) is 19.1 Å². The summed E-state index contributed by atoms with van der Waals surface area (Å²) < 4.78 is 36.7. The predicted molar refractivity (Wildman–Crippen MR) is 101 cm³/mol. The molecule has 6 nitrogen and oxygen atoms in total. The van der Waals surface area contributed by atoms with Gasteiger partial charge in [-0.05, 0) is 41.8 Å². The van der Waals surface area contributed by atoms with Gasteiger partial charge in [0.15, 0.2) is 15.8 Å². The summed E-state index contributed by atoms with van der Waals surface area (Å²) in [5.41, 5.74) is 3.11. The molecule has 0 fully saturated rings. The smallest absolute Gasteiger partial charge is 0.191 e. The summed E-state index contributed by atoms with van der Waals surface area (Å²) in [5, 5.41) is 6.22. The third-order valence-corrected chi connectivity index (χ3v) is 4.63. The summed E-state index contributed by atoms with van der Waals surface area (Å²) in [5.74, 6) is -0.0283. The molecule has 0 aliphatic heterocycles. The summed E-state index contributed by atoms with van der Waals surface area (Å²) in [7, 11) is -1.58. The van der Waals surface area contributed by atoms with E-state index >= 15 is 0 Å². The number of aromatic nitrogens is 1. The van der Waals surface area contributed by atoms with E-state index in [2.05, 4.69) is 20.6 Å². The van der Waals surface area contributed by atoms with Crippen molar-refractivity contribution in [3.8, 4) is 0 Å². The van der Waals surface area contributed by atoms with E-state index in [9.17, 15) is 12.8 Å². The Morgan fingerprint density at radius 2 is 1.92 bits per heavy atom. The normalized spacial score (nSPS) is 12.1. The topological polar surface area (TPSA) is 83.5 Å². The lowest BCUT2D eigenvalue weighted by Crippen LogP contribution is -2.37. The molecule has 1 aromatic heterocycles. The highest BCUT2D eigenvalue weighted by molar-refractivity contribution is 7.89. The molecule has 0 aliphatic rings. The average molecular weight is 378 g/mol. The summed E-state index contributed by atoms with van der Waals surface area (Å²) in [6, 6.07) is 7.95. The summed E-state index contributed by atoms with van der Waals surface area (Å²) >= 11 is 0. The van der Waals surface area contributed by atoms with Crippen LogP contribution in [-0.4, -0.2) is 32.7 Å². The summed E-state index contributed by atoms with van der Waals surface area (Å²) in [6.45, 7) is 2.72. The van der Waals surface area contributed by atoms with E-state index in [1.54, 1.807) is 13.2 Å². The number of nitrogens with zero attached hydrogens (tertiary/aromatic N) is 2. The van der Waals surface area contributed by atoms with Crippen molar-refractivity contribution in [1.82, 2.24) is 15.6 Å². The van der Waals surface area contributed by atoms with Crippen molar-refractivity contribution in [3.63, 3.8) is 0 Å². The van der Waals surface area contributed by atoms with Crippen LogP contribution in [0, 0.1) is 12.7 Å². The van der Waals surface area contributed by atoms with Gasteiger partial charge in [0, 0.05) is 26.0 Å². The number of nitrogens with one attached hydrogen (secondary N) is 2. The maximum absolute atomic E-state index is 13.6. The van der Waals surface area contributed by atoms with E-state index < -0.39 is 15.7 Å². The Balaban J connectivity index is 2.04. The minimum Gasteiger partial charge on any atom is -0.352 e. The molecule has 0 amide bonds. The van der Waals surface area contributed by atoms with Crippen LogP contribution in [0.1, 0.15) is 22.4 Å². The van der Waals surface area contributed by atoms with Crippen LogP contribution in [0.2, 0.25) is 0 Å². The number of hydrogen-bond donors (Lipinski definition) is 2. The number of halogens is 1. The molecule has 2 aromatic rings. The molecule has 0 saturated carbocycles. The number of aliphatic imine (C=N–C) groups is 1. The van der Waals surface area contributed by atoms with Crippen molar-refractivity contribution in [2.24, 2.45) is 4.99 Å². The Hall–Kier alpha value is -2.48. The van der Waals surface area contributed by atoms with Crippen molar-refractivity contribution < 1.29 is 12.8 Å². The number of aryl methyl sites for hydroxylation is 1. The molecule has 0 bridgehead atoms. The van der Waals surface area contributed by atoms with Gasteiger partial charge >= 0.3 is 0 Å². The Kier molecular flexibility index (Phi) is 6.68. The van der Waals surface area contributed by atoms with Crippen molar-refractivity contribution in [2.75, 3.05) is 13.3 Å². The van der Waals surface area contributed by atoms with E-state index in [-0.39, 0.29) is 12.3 Å². The van der Waals surface area contributed by atoms with E-state index in [4.69, 9.17) is 0 Å². The highest BCUT2D eigenvalue weighted by atomic mass is 32.2. The molecule has 26 heavy (non-hydrogen) atoms. The predicted octanol–water partition coefficient (Wildman–Crippen LogP) is 1.94. The molecule has 0 saturated heterocycles. The van der Waals surface area contributed by atoms with Gasteiger partial charge in [-0.25, -0.2) is 12.8 Å². The second-order valence-electron chi connectivity index (χ2n) is 6.03. The van der Waals surface area contributed by atoms with Gasteiger partial charge in [0.05, 0.1) is 18.0 Å². The molecular weight excluding hydrogens is 355 g/mol. The first-order chi connectivity index (χ1) is 12.3. The fourth-order valence-corrected chi connectivity index (χ4v) is 3.30. The van der Waals surface area contributed by atoms with Gasteiger partial charge in [0.25, 0.3) is 0 Å². The number of benzene rings is 1. The third kappa shape index (κ3) is 6.11. The Labute approximate surface area is 153 Å². The van der Waals surface area contributed by atoms with Gasteiger partial charge in [-0.3, -0.25) is 9.98 Å². The highest BCUT2D eigenvalue weighted by Gasteiger charge is 2.11. The number of pyridine rings is 1. The zero-order valence-corrected chi connectivity index (χ0v) is 15.9. The Morgan fingerprint density at radius 3 is 2.58 bits per heavy atom. The summed E-state index contributed by atoms with van der Waals surface area (Å²) in [4.78, 5) is 8.44. The zero-order chi connectivity index (χ0) is 19.2. The van der Waals surface area contributed by atoms with Crippen LogP contribution in [0.3, 0.4) is 0 Å². The highest BCUT2D eigenvalue weighted by Crippen LogP contribution is 2.14. The molecule has 8 heteroatoms. The van der Waals surface area contributed by atoms with Gasteiger partial charge in [0.2, 0.25) is 0 Å². The van der Waals surface area contributed by atoms with Crippen molar-refractivity contribution in [1.29, 1.82) is 0 Å². The fraction of sp³-hybridized carbons (Fsp3) is 0.333. The van der Waals surface area contributed by atoms with Gasteiger partial charge in [-0.15, -0.1) is 0 Å². The number of hydrogen-bond acceptors (Lipinski definition) is 4. The van der Waals surface area contributed by atoms with Gasteiger partial charge in [0.1, 0.15) is 5.82 Å². The second-order valence-corrected chi connectivity index (χ2v) is 8.17. The molecule has 0 spiro atoms. The van der Waals surface area contributed by atoms with Crippen molar-refractivity contribution in [2.45, 2.75) is 25.8 Å². The second kappa shape index (κ2) is 8.75. The molecule has 2 rings (SSSR count). The van der Waals surface area contributed by atoms with Crippen LogP contribution in [-0.2, 0) is 28.7 Å². The zero-order valence-electron chi connectivity index (χ0n) is 15.1. The van der Waals surface area contributed by atoms with Crippen LogP contribution in [0.15, 0.2) is 41.5 Å². The quantitative estimate of drug-likeness (QED) is 0.593. The molecule has 0 unspecified atom stereocenters. The lowest BCUT2D eigenvalue weighted by molar-refractivity contribution is 0.599. The maximum atomic E-state index is 13.6. The van der Waals surface area contributed by atoms with Crippen LogP contribution in [0.4, 0.5) is 4.39 Å². The first kappa shape index (κ1) is 19.8. The van der Waals surface area contributed by atoms with Gasteiger partial charge in [-0.1, -0.05) is 12.1 Å². The molecule has 1 heterocycles.